The minimum Gasteiger partial charge on any atom is -0.271 e. The van der Waals surface area contributed by atoms with Crippen LogP contribution in [0, 0.1) is 17.8 Å². The third-order valence-corrected chi connectivity index (χ3v) is 3.33. The molecule has 0 spiro atoms. The molecule has 62 valence electrons. The van der Waals surface area contributed by atoms with Crippen LogP contribution < -0.4 is 11.3 Å². The van der Waals surface area contributed by atoms with Crippen LogP contribution in [0.5, 0.6) is 0 Å². The SMILES string of the molecule is C=CC(NN)C1C2CCCC21. The maximum Gasteiger partial charge on any atom is 0.0421 e. The maximum atomic E-state index is 5.41. The molecular formula is C9H16N2. The van der Waals surface area contributed by atoms with Crippen molar-refractivity contribution in [3.05, 3.63) is 12.7 Å². The molecule has 3 N–H and O–H groups in total. The number of nitrogens with one attached hydrogen (secondary N) is 1. The molecular weight excluding hydrogens is 136 g/mol. The molecule has 2 saturated carbocycles. The molecule has 0 amide bonds. The third-order valence-electron chi connectivity index (χ3n) is 3.33. The highest BCUT2D eigenvalue weighted by Gasteiger charge is 2.54. The Morgan fingerprint density at radius 2 is 2.09 bits per heavy atom. The van der Waals surface area contributed by atoms with Crippen LogP contribution >= 0.6 is 0 Å². The standard InChI is InChI=1S/C9H16N2/c1-2-8(11-10)9-6-4-3-5-7(6)9/h2,6-9,11H,1,3-5,10H2. The van der Waals surface area contributed by atoms with Crippen molar-refractivity contribution in [1.29, 1.82) is 0 Å². The monoisotopic (exact) mass is 152 g/mol. The molecule has 0 radical (unpaired) electrons. The van der Waals surface area contributed by atoms with Crippen molar-refractivity contribution >= 4 is 0 Å². The van der Waals surface area contributed by atoms with Gasteiger partial charge in [0.2, 0.25) is 0 Å². The Balaban J connectivity index is 1.93. The lowest BCUT2D eigenvalue weighted by atomic mass is 10.1. The van der Waals surface area contributed by atoms with Crippen molar-refractivity contribution in [3.8, 4) is 0 Å². The molecule has 0 aliphatic heterocycles. The second-order valence-corrected chi connectivity index (χ2v) is 3.76. The van der Waals surface area contributed by atoms with Gasteiger partial charge in [-0.15, -0.1) is 6.58 Å². The molecule has 2 fully saturated rings. The number of fused-ring (bicyclic) bond motifs is 1. The maximum absolute atomic E-state index is 5.41. The van der Waals surface area contributed by atoms with Gasteiger partial charge in [-0.05, 0) is 30.6 Å². The molecule has 0 bridgehead atoms. The molecule has 0 heterocycles. The lowest BCUT2D eigenvalue weighted by Crippen LogP contribution is -2.36. The van der Waals surface area contributed by atoms with E-state index in [1.807, 2.05) is 6.08 Å². The summed E-state index contributed by atoms with van der Waals surface area (Å²) in [7, 11) is 0. The van der Waals surface area contributed by atoms with Crippen LogP contribution in [0.4, 0.5) is 0 Å². The van der Waals surface area contributed by atoms with E-state index in [9.17, 15) is 0 Å². The van der Waals surface area contributed by atoms with Gasteiger partial charge in [0, 0.05) is 6.04 Å². The largest absolute Gasteiger partial charge is 0.271 e. The van der Waals surface area contributed by atoms with Gasteiger partial charge in [0.05, 0.1) is 0 Å². The van der Waals surface area contributed by atoms with E-state index >= 15 is 0 Å². The number of hydrogen-bond donors (Lipinski definition) is 2. The highest BCUT2D eigenvalue weighted by Crippen LogP contribution is 2.58. The van der Waals surface area contributed by atoms with Crippen molar-refractivity contribution < 1.29 is 0 Å². The van der Waals surface area contributed by atoms with E-state index in [1.54, 1.807) is 0 Å². The van der Waals surface area contributed by atoms with Crippen LogP contribution in [0.25, 0.3) is 0 Å². The number of hydrazine groups is 1. The van der Waals surface area contributed by atoms with Crippen LogP contribution in [0.15, 0.2) is 12.7 Å². The lowest BCUT2D eigenvalue weighted by molar-refractivity contribution is 0.473. The van der Waals surface area contributed by atoms with Gasteiger partial charge in [-0.25, -0.2) is 0 Å². The van der Waals surface area contributed by atoms with E-state index in [2.05, 4.69) is 12.0 Å². The Bertz CT molecular complexity index is 157. The van der Waals surface area contributed by atoms with Crippen molar-refractivity contribution in [1.82, 2.24) is 5.43 Å². The number of nitrogens with two attached hydrogens (primary N) is 1. The zero-order chi connectivity index (χ0) is 7.84. The average Bonchev–Trinajstić information content (AvgIpc) is 2.54. The van der Waals surface area contributed by atoms with Gasteiger partial charge < -0.3 is 0 Å². The summed E-state index contributed by atoms with van der Waals surface area (Å²) in [6.07, 6.45) is 6.21. The molecule has 2 aliphatic carbocycles. The molecule has 2 heteroatoms. The van der Waals surface area contributed by atoms with Gasteiger partial charge in [0.1, 0.15) is 0 Å². The van der Waals surface area contributed by atoms with E-state index < -0.39 is 0 Å². The summed E-state index contributed by atoms with van der Waals surface area (Å²) in [6, 6.07) is 0.366. The zero-order valence-electron chi connectivity index (χ0n) is 6.79. The first kappa shape index (κ1) is 7.32. The quantitative estimate of drug-likeness (QED) is 0.360. The molecule has 3 unspecified atom stereocenters. The summed E-state index contributed by atoms with van der Waals surface area (Å²) in [5.74, 6) is 8.15. The van der Waals surface area contributed by atoms with E-state index in [-0.39, 0.29) is 0 Å². The summed E-state index contributed by atoms with van der Waals surface area (Å²) in [5, 5.41) is 0. The Kier molecular flexibility index (Phi) is 1.74. The normalized spacial score (nSPS) is 43.2. The first-order valence-corrected chi connectivity index (χ1v) is 4.47. The Morgan fingerprint density at radius 1 is 1.45 bits per heavy atom. The molecule has 0 saturated heterocycles. The molecule has 2 rings (SSSR count). The Morgan fingerprint density at radius 3 is 2.55 bits per heavy atom. The predicted octanol–water partition coefficient (Wildman–Crippen LogP) is 1.05. The molecule has 3 atom stereocenters. The first-order valence-electron chi connectivity index (χ1n) is 4.47. The molecule has 0 aromatic rings. The van der Waals surface area contributed by atoms with Gasteiger partial charge >= 0.3 is 0 Å². The zero-order valence-corrected chi connectivity index (χ0v) is 6.79. The summed E-state index contributed by atoms with van der Waals surface area (Å²) < 4.78 is 0. The smallest absolute Gasteiger partial charge is 0.0421 e. The van der Waals surface area contributed by atoms with Crippen LogP contribution in [0.2, 0.25) is 0 Å². The summed E-state index contributed by atoms with van der Waals surface area (Å²) in [4.78, 5) is 0. The molecule has 0 aromatic carbocycles. The fraction of sp³-hybridized carbons (Fsp3) is 0.778. The fourth-order valence-corrected chi connectivity index (χ4v) is 2.75. The predicted molar refractivity (Wildman–Crippen MR) is 45.6 cm³/mol. The highest BCUT2D eigenvalue weighted by molar-refractivity contribution is 5.10. The molecule has 2 aliphatic rings. The van der Waals surface area contributed by atoms with Crippen LogP contribution in [-0.4, -0.2) is 6.04 Å². The lowest BCUT2D eigenvalue weighted by Gasteiger charge is -2.12. The topological polar surface area (TPSA) is 38.0 Å². The van der Waals surface area contributed by atoms with Crippen molar-refractivity contribution in [2.45, 2.75) is 25.3 Å². The number of rotatable bonds is 3. The molecule has 2 nitrogen and oxygen atoms in total. The second-order valence-electron chi connectivity index (χ2n) is 3.76. The van der Waals surface area contributed by atoms with Crippen molar-refractivity contribution in [2.24, 2.45) is 23.6 Å². The van der Waals surface area contributed by atoms with Gasteiger partial charge in [-0.2, -0.15) is 0 Å². The highest BCUT2D eigenvalue weighted by atomic mass is 15.2. The average molecular weight is 152 g/mol. The fourth-order valence-electron chi connectivity index (χ4n) is 2.75. The van der Waals surface area contributed by atoms with E-state index in [1.165, 1.54) is 19.3 Å². The second kappa shape index (κ2) is 2.61. The van der Waals surface area contributed by atoms with E-state index in [4.69, 9.17) is 5.84 Å². The van der Waals surface area contributed by atoms with Gasteiger partial charge in [0.15, 0.2) is 0 Å². The molecule has 0 aromatic heterocycles. The minimum atomic E-state index is 0.366. The Labute approximate surface area is 67.8 Å². The van der Waals surface area contributed by atoms with Gasteiger partial charge in [-0.3, -0.25) is 11.3 Å². The summed E-state index contributed by atoms with van der Waals surface area (Å²) in [5.41, 5.74) is 2.82. The van der Waals surface area contributed by atoms with Crippen LogP contribution in [0.1, 0.15) is 19.3 Å². The van der Waals surface area contributed by atoms with Gasteiger partial charge in [0.25, 0.3) is 0 Å². The van der Waals surface area contributed by atoms with E-state index in [0.717, 1.165) is 17.8 Å². The molecule has 11 heavy (non-hydrogen) atoms. The van der Waals surface area contributed by atoms with Gasteiger partial charge in [-0.1, -0.05) is 12.5 Å². The summed E-state index contributed by atoms with van der Waals surface area (Å²) in [6.45, 7) is 3.78. The van der Waals surface area contributed by atoms with E-state index in [0.29, 0.717) is 6.04 Å². The Hall–Kier alpha value is -0.340. The number of hydrogen-bond acceptors (Lipinski definition) is 2. The minimum absolute atomic E-state index is 0.366. The third kappa shape index (κ3) is 1.01. The van der Waals surface area contributed by atoms with Crippen LogP contribution in [-0.2, 0) is 0 Å². The van der Waals surface area contributed by atoms with Crippen LogP contribution in [0.3, 0.4) is 0 Å². The summed E-state index contributed by atoms with van der Waals surface area (Å²) >= 11 is 0. The van der Waals surface area contributed by atoms with Crippen molar-refractivity contribution in [2.75, 3.05) is 0 Å². The van der Waals surface area contributed by atoms with Crippen molar-refractivity contribution in [3.63, 3.8) is 0 Å². The first-order chi connectivity index (χ1) is 5.38.